The van der Waals surface area contributed by atoms with Crippen LogP contribution in [0.2, 0.25) is 10.0 Å². The Morgan fingerprint density at radius 2 is 1.64 bits per heavy atom. The summed E-state index contributed by atoms with van der Waals surface area (Å²) in [6.45, 7) is 14.6. The van der Waals surface area contributed by atoms with Crippen LogP contribution in [0.3, 0.4) is 0 Å². The zero-order chi connectivity index (χ0) is 38.6. The molecule has 9 heteroatoms. The Morgan fingerprint density at radius 1 is 0.943 bits per heavy atom. The van der Waals surface area contributed by atoms with E-state index in [0.717, 1.165) is 24.0 Å². The summed E-state index contributed by atoms with van der Waals surface area (Å²) >= 11 is 12.3. The van der Waals surface area contributed by atoms with Gasteiger partial charge in [0.05, 0.1) is 15.6 Å². The monoisotopic (exact) mass is 756 g/mol. The number of benzene rings is 2. The number of aliphatic hydroxyl groups is 1. The Balaban J connectivity index is 1.19. The number of nitriles is 1. The highest BCUT2D eigenvalue weighted by Crippen LogP contribution is 2.75. The standard InChI is InChI=1S/C44H50Cl2N2O5/c1-38(2)32-14-15-42(6)33(41(32,5)22-27(24-47)36(38)50)21-35(49)44(52)34-23-40(4,17-16-39(34,3)18-19-43(42,44)7)37(51)48-25-26-10-8-9-11-31(26)53-28-12-13-29(45)30(46)20-28/h8-13,20-22,32,34,52H,14-19,23,25H2,1-7H3,(H,48,51). The molecule has 8 unspecified atom stereocenters. The van der Waals surface area contributed by atoms with Gasteiger partial charge in [0, 0.05) is 45.8 Å². The predicted octanol–water partition coefficient (Wildman–Crippen LogP) is 9.74. The lowest BCUT2D eigenvalue weighted by molar-refractivity contribution is -0.242. The number of hydrogen-bond acceptors (Lipinski definition) is 6. The van der Waals surface area contributed by atoms with E-state index in [2.05, 4.69) is 39.1 Å². The molecule has 7 nitrogen and oxygen atoms in total. The molecular weight excluding hydrogens is 707 g/mol. The van der Waals surface area contributed by atoms with E-state index in [9.17, 15) is 24.8 Å². The fourth-order valence-electron chi connectivity index (χ4n) is 11.8. The van der Waals surface area contributed by atoms with Gasteiger partial charge in [0.2, 0.25) is 5.91 Å². The van der Waals surface area contributed by atoms with Crippen LogP contribution in [0.25, 0.3) is 0 Å². The van der Waals surface area contributed by atoms with Gasteiger partial charge in [0.1, 0.15) is 23.2 Å². The van der Waals surface area contributed by atoms with Crippen molar-refractivity contribution in [2.75, 3.05) is 0 Å². The van der Waals surface area contributed by atoms with E-state index in [1.165, 1.54) is 0 Å². The van der Waals surface area contributed by atoms with Crippen LogP contribution >= 0.6 is 23.2 Å². The third-order valence-corrected chi connectivity index (χ3v) is 16.1. The van der Waals surface area contributed by atoms with E-state index in [-0.39, 0.29) is 40.9 Å². The Labute approximate surface area is 323 Å². The van der Waals surface area contributed by atoms with Crippen molar-refractivity contribution < 1.29 is 24.2 Å². The summed E-state index contributed by atoms with van der Waals surface area (Å²) in [6.07, 6.45) is 8.15. The lowest BCUT2D eigenvalue weighted by atomic mass is 9.33. The summed E-state index contributed by atoms with van der Waals surface area (Å²) in [4.78, 5) is 42.5. The molecule has 7 rings (SSSR count). The largest absolute Gasteiger partial charge is 0.457 e. The topological polar surface area (TPSA) is 116 Å². The molecule has 3 saturated carbocycles. The molecule has 5 aliphatic carbocycles. The number of nitrogens with one attached hydrogen (secondary N) is 1. The highest BCUT2D eigenvalue weighted by Gasteiger charge is 2.75. The number of halogens is 2. The van der Waals surface area contributed by atoms with Crippen LogP contribution in [0, 0.1) is 55.7 Å². The molecular formula is C44H50Cl2N2O5. The van der Waals surface area contributed by atoms with Gasteiger partial charge in [0.15, 0.2) is 11.6 Å². The molecule has 0 radical (unpaired) electrons. The van der Waals surface area contributed by atoms with Gasteiger partial charge in [-0.15, -0.1) is 0 Å². The fraction of sp³-hybridized carbons (Fsp3) is 0.545. The van der Waals surface area contributed by atoms with E-state index >= 15 is 0 Å². The number of ether oxygens (including phenoxy) is 1. The van der Waals surface area contributed by atoms with Crippen molar-refractivity contribution in [2.24, 2.45) is 44.3 Å². The number of carbonyl (C=O) groups excluding carboxylic acids is 3. The second-order valence-electron chi connectivity index (χ2n) is 18.4. The third kappa shape index (κ3) is 5.25. The number of ketones is 2. The van der Waals surface area contributed by atoms with Crippen LogP contribution in [-0.4, -0.2) is 28.2 Å². The van der Waals surface area contributed by atoms with Crippen molar-refractivity contribution >= 4 is 40.7 Å². The summed E-state index contributed by atoms with van der Waals surface area (Å²) in [7, 11) is 0. The predicted molar refractivity (Wildman–Crippen MR) is 205 cm³/mol. The SMILES string of the molecule is CC1(C(=O)NCc2ccccc2Oc2ccc(Cl)c(Cl)c2)CCC2(C)CCC3(C)C4(C)CCC5C(C)(C)C(=O)C(C#N)=CC5(C)C4=CC(=O)C3(O)C2C1. The average molecular weight is 758 g/mol. The molecule has 0 aliphatic heterocycles. The molecule has 3 fully saturated rings. The molecule has 0 aromatic heterocycles. The molecule has 280 valence electrons. The van der Waals surface area contributed by atoms with E-state index in [4.69, 9.17) is 27.9 Å². The molecule has 0 saturated heterocycles. The van der Waals surface area contributed by atoms with Gasteiger partial charge in [-0.05, 0) is 91.5 Å². The average Bonchev–Trinajstić information content (AvgIpc) is 3.11. The number of allylic oxidation sites excluding steroid dienone is 3. The highest BCUT2D eigenvalue weighted by molar-refractivity contribution is 6.42. The number of nitrogens with zero attached hydrogens (tertiary/aromatic N) is 1. The van der Waals surface area contributed by atoms with Crippen molar-refractivity contribution in [1.29, 1.82) is 5.26 Å². The second kappa shape index (κ2) is 12.3. The fourth-order valence-corrected chi connectivity index (χ4v) is 12.1. The third-order valence-electron chi connectivity index (χ3n) is 15.3. The maximum absolute atomic E-state index is 14.9. The number of carbonyl (C=O) groups is 3. The van der Waals surface area contributed by atoms with Crippen molar-refractivity contribution in [3.05, 3.63) is 81.4 Å². The van der Waals surface area contributed by atoms with E-state index in [1.54, 1.807) is 24.3 Å². The highest BCUT2D eigenvalue weighted by atomic mass is 35.5. The van der Waals surface area contributed by atoms with Crippen LogP contribution in [0.15, 0.2) is 65.8 Å². The van der Waals surface area contributed by atoms with Crippen molar-refractivity contribution in [1.82, 2.24) is 5.32 Å². The van der Waals surface area contributed by atoms with Gasteiger partial charge in [-0.1, -0.05) is 95.9 Å². The number of hydrogen-bond donors (Lipinski definition) is 2. The van der Waals surface area contributed by atoms with Gasteiger partial charge in [-0.3, -0.25) is 14.4 Å². The first-order valence-corrected chi connectivity index (χ1v) is 19.6. The van der Waals surface area contributed by atoms with Crippen molar-refractivity contribution in [2.45, 2.75) is 106 Å². The summed E-state index contributed by atoms with van der Waals surface area (Å²) < 4.78 is 6.14. The Hall–Kier alpha value is -3.44. The number of amides is 1. The van der Waals surface area contributed by atoms with Crippen LogP contribution in [-0.2, 0) is 20.9 Å². The minimum atomic E-state index is -1.70. The molecule has 2 aromatic rings. The first-order chi connectivity index (χ1) is 24.7. The number of para-hydroxylation sites is 1. The van der Waals surface area contributed by atoms with Crippen molar-refractivity contribution in [3.8, 4) is 17.6 Å². The number of rotatable bonds is 5. The molecule has 0 bridgehead atoms. The van der Waals surface area contributed by atoms with E-state index in [0.29, 0.717) is 53.6 Å². The van der Waals surface area contributed by atoms with Crippen LogP contribution in [0.5, 0.6) is 11.5 Å². The Kier molecular flexibility index (Phi) is 8.77. The van der Waals surface area contributed by atoms with E-state index in [1.807, 2.05) is 51.1 Å². The summed E-state index contributed by atoms with van der Waals surface area (Å²) in [6, 6.07) is 14.7. The molecule has 2 N–H and O–H groups in total. The van der Waals surface area contributed by atoms with Crippen LogP contribution in [0.1, 0.15) is 99.0 Å². The quantitative estimate of drug-likeness (QED) is 0.314. The zero-order valence-electron chi connectivity index (χ0n) is 31.8. The lowest BCUT2D eigenvalue weighted by Gasteiger charge is -2.71. The maximum atomic E-state index is 14.9. The number of fused-ring (bicyclic) bond motifs is 7. The summed E-state index contributed by atoms with van der Waals surface area (Å²) in [5.74, 6) is -0.0151. The molecule has 1 amide bonds. The Morgan fingerprint density at radius 3 is 2.34 bits per heavy atom. The molecule has 0 spiro atoms. The smallest absolute Gasteiger partial charge is 0.226 e. The normalized spacial score (nSPS) is 38.5. The van der Waals surface area contributed by atoms with E-state index < -0.39 is 38.6 Å². The van der Waals surface area contributed by atoms with Crippen LogP contribution < -0.4 is 10.1 Å². The molecule has 2 aromatic carbocycles. The second-order valence-corrected chi connectivity index (χ2v) is 19.2. The zero-order valence-corrected chi connectivity index (χ0v) is 33.3. The minimum Gasteiger partial charge on any atom is -0.457 e. The lowest BCUT2D eigenvalue weighted by Crippen LogP contribution is -2.74. The minimum absolute atomic E-state index is 0.0865. The molecule has 0 heterocycles. The maximum Gasteiger partial charge on any atom is 0.226 e. The summed E-state index contributed by atoms with van der Waals surface area (Å²) in [5, 5.41) is 27.3. The first kappa shape index (κ1) is 37.9. The van der Waals surface area contributed by atoms with Gasteiger partial charge in [-0.2, -0.15) is 5.26 Å². The van der Waals surface area contributed by atoms with Gasteiger partial charge >= 0.3 is 0 Å². The van der Waals surface area contributed by atoms with Crippen LogP contribution in [0.4, 0.5) is 0 Å². The van der Waals surface area contributed by atoms with Gasteiger partial charge in [0.25, 0.3) is 0 Å². The number of Topliss-reactive ketones (excluding diaryl/α,β-unsaturated/α-hetero) is 1. The Bertz CT molecular complexity index is 2050. The first-order valence-electron chi connectivity index (χ1n) is 18.9. The van der Waals surface area contributed by atoms with Crippen molar-refractivity contribution in [3.63, 3.8) is 0 Å². The van der Waals surface area contributed by atoms with Gasteiger partial charge < -0.3 is 15.2 Å². The molecule has 8 atom stereocenters. The van der Waals surface area contributed by atoms with Gasteiger partial charge in [-0.25, -0.2) is 0 Å². The summed E-state index contributed by atoms with van der Waals surface area (Å²) in [5.41, 5.74) is -3.88. The molecule has 5 aliphatic rings. The molecule has 53 heavy (non-hydrogen) atoms.